The third-order valence-electron chi connectivity index (χ3n) is 3.90. The van der Waals surface area contributed by atoms with Gasteiger partial charge >= 0.3 is 12.7 Å². The number of hydrogen-bond donors (Lipinski definition) is 1. The van der Waals surface area contributed by atoms with E-state index in [1.807, 2.05) is 0 Å². The number of hydrogen-bond acceptors (Lipinski definition) is 4. The van der Waals surface area contributed by atoms with Crippen molar-refractivity contribution in [3.63, 3.8) is 0 Å². The average molecular weight is 429 g/mol. The Balaban J connectivity index is 1.95. The molecule has 0 spiro atoms. The molecule has 0 amide bonds. The molecule has 0 aliphatic rings. The van der Waals surface area contributed by atoms with Crippen molar-refractivity contribution in [2.45, 2.75) is 19.3 Å². The molecule has 0 radical (unpaired) electrons. The minimum absolute atomic E-state index is 0.248. The number of rotatable bonds is 5. The van der Waals surface area contributed by atoms with Gasteiger partial charge in [-0.3, -0.25) is 4.98 Å². The maximum absolute atomic E-state index is 12.4. The first-order chi connectivity index (χ1) is 14.0. The molecule has 0 saturated carbocycles. The first kappa shape index (κ1) is 21.4. The summed E-state index contributed by atoms with van der Waals surface area (Å²) < 4.78 is 82.4. The maximum Gasteiger partial charge on any atom is 0.573 e. The molecule has 1 aromatic heterocycles. The van der Waals surface area contributed by atoms with Crippen LogP contribution in [-0.2, 0) is 6.61 Å². The molecule has 3 aromatic rings. The summed E-state index contributed by atoms with van der Waals surface area (Å²) in [5.41, 5.74) is 1.52. The summed E-state index contributed by atoms with van der Waals surface area (Å²) in [5, 5.41) is 9.70. The molecule has 0 aliphatic carbocycles. The van der Waals surface area contributed by atoms with E-state index in [-0.39, 0.29) is 5.69 Å². The van der Waals surface area contributed by atoms with Gasteiger partial charge in [0, 0.05) is 17.3 Å². The number of aromatic nitrogens is 1. The molecule has 0 atom stereocenters. The summed E-state index contributed by atoms with van der Waals surface area (Å²) in [7, 11) is 0. The Labute approximate surface area is 166 Å². The number of benzene rings is 2. The van der Waals surface area contributed by atoms with Crippen molar-refractivity contribution >= 4 is 0 Å². The highest BCUT2D eigenvalue weighted by molar-refractivity contribution is 5.72. The summed E-state index contributed by atoms with van der Waals surface area (Å²) in [5.74, 6) is -0.876. The zero-order chi connectivity index (χ0) is 21.9. The fraction of sp³-hybridized carbons (Fsp3) is 0.150. The Kier molecular flexibility index (Phi) is 5.88. The van der Waals surface area contributed by atoms with Crippen molar-refractivity contribution < 1.29 is 40.9 Å². The molecule has 10 heteroatoms. The Morgan fingerprint density at radius 2 is 1.30 bits per heavy atom. The van der Waals surface area contributed by atoms with Gasteiger partial charge in [-0.25, -0.2) is 0 Å². The van der Waals surface area contributed by atoms with Crippen molar-refractivity contribution in [3.8, 4) is 33.9 Å². The van der Waals surface area contributed by atoms with Crippen LogP contribution >= 0.6 is 0 Å². The van der Waals surface area contributed by atoms with Crippen LogP contribution in [0, 0.1) is 0 Å². The SMILES string of the molecule is OCc1cc(-c2cccc(OC(F)(F)F)c2)ncc1-c1cccc(OC(F)(F)F)c1. The molecule has 158 valence electrons. The van der Waals surface area contributed by atoms with Crippen LogP contribution in [0.1, 0.15) is 5.56 Å². The lowest BCUT2D eigenvalue weighted by Crippen LogP contribution is -2.17. The number of alkyl halides is 6. The Bertz CT molecular complexity index is 1030. The predicted octanol–water partition coefficient (Wildman–Crippen LogP) is 5.71. The highest BCUT2D eigenvalue weighted by atomic mass is 19.4. The smallest absolute Gasteiger partial charge is 0.406 e. The number of aliphatic hydroxyl groups excluding tert-OH is 1. The lowest BCUT2D eigenvalue weighted by Gasteiger charge is -2.13. The highest BCUT2D eigenvalue weighted by Crippen LogP contribution is 2.32. The second kappa shape index (κ2) is 8.23. The number of ether oxygens (including phenoxy) is 2. The van der Waals surface area contributed by atoms with E-state index in [0.717, 1.165) is 24.3 Å². The topological polar surface area (TPSA) is 51.6 Å². The normalized spacial score (nSPS) is 12.0. The van der Waals surface area contributed by atoms with E-state index in [2.05, 4.69) is 14.5 Å². The Morgan fingerprint density at radius 1 is 0.767 bits per heavy atom. The minimum Gasteiger partial charge on any atom is -0.406 e. The fourth-order valence-corrected chi connectivity index (χ4v) is 2.76. The Hall–Kier alpha value is -3.27. The summed E-state index contributed by atoms with van der Waals surface area (Å²) in [6.45, 7) is -0.478. The van der Waals surface area contributed by atoms with Gasteiger partial charge in [0.05, 0.1) is 12.3 Å². The molecule has 1 heterocycles. The summed E-state index contributed by atoms with van der Waals surface area (Å²) >= 11 is 0. The molecule has 1 N–H and O–H groups in total. The van der Waals surface area contributed by atoms with Gasteiger partial charge in [-0.1, -0.05) is 24.3 Å². The number of halogens is 6. The molecule has 0 aliphatic heterocycles. The van der Waals surface area contributed by atoms with Gasteiger partial charge < -0.3 is 14.6 Å². The zero-order valence-electron chi connectivity index (χ0n) is 15.0. The van der Waals surface area contributed by atoms with Crippen LogP contribution < -0.4 is 9.47 Å². The molecule has 30 heavy (non-hydrogen) atoms. The van der Waals surface area contributed by atoms with E-state index in [1.54, 1.807) is 0 Å². The van der Waals surface area contributed by atoms with Crippen molar-refractivity contribution in [1.29, 1.82) is 0 Å². The largest absolute Gasteiger partial charge is 0.573 e. The molecule has 3 rings (SSSR count). The number of nitrogens with zero attached hydrogens (tertiary/aromatic N) is 1. The molecule has 0 bridgehead atoms. The van der Waals surface area contributed by atoms with Crippen LogP contribution in [0.4, 0.5) is 26.3 Å². The standard InChI is InChI=1S/C20H13F6NO3/c21-19(22,23)29-15-5-1-3-12(7-15)17-10-27-18(9-14(17)11-28)13-4-2-6-16(8-13)30-20(24,25)26/h1-10,28H,11H2. The van der Waals surface area contributed by atoms with Gasteiger partial charge in [0.25, 0.3) is 0 Å². The van der Waals surface area contributed by atoms with E-state index in [9.17, 15) is 31.4 Å². The summed E-state index contributed by atoms with van der Waals surface area (Å²) in [4.78, 5) is 4.16. The average Bonchev–Trinajstić information content (AvgIpc) is 2.65. The molecular formula is C20H13F6NO3. The number of aliphatic hydroxyl groups is 1. The molecule has 0 saturated heterocycles. The van der Waals surface area contributed by atoms with Gasteiger partial charge in [0.15, 0.2) is 0 Å². The first-order valence-corrected chi connectivity index (χ1v) is 8.36. The van der Waals surface area contributed by atoms with Crippen LogP contribution in [0.3, 0.4) is 0 Å². The first-order valence-electron chi connectivity index (χ1n) is 8.36. The third-order valence-corrected chi connectivity index (χ3v) is 3.90. The van der Waals surface area contributed by atoms with E-state index >= 15 is 0 Å². The van der Waals surface area contributed by atoms with Gasteiger partial charge in [-0.2, -0.15) is 0 Å². The zero-order valence-corrected chi connectivity index (χ0v) is 15.0. The van der Waals surface area contributed by atoms with E-state index in [0.29, 0.717) is 22.3 Å². The van der Waals surface area contributed by atoms with Crippen LogP contribution in [-0.4, -0.2) is 22.8 Å². The van der Waals surface area contributed by atoms with Crippen molar-refractivity contribution in [1.82, 2.24) is 4.98 Å². The molecule has 0 unspecified atom stereocenters. The highest BCUT2D eigenvalue weighted by Gasteiger charge is 2.32. The van der Waals surface area contributed by atoms with Crippen LogP contribution in [0.15, 0.2) is 60.8 Å². The number of pyridine rings is 1. The second-order valence-corrected chi connectivity index (χ2v) is 6.04. The quantitative estimate of drug-likeness (QED) is 0.529. The summed E-state index contributed by atoms with van der Waals surface area (Å²) in [6, 6.07) is 11.7. The van der Waals surface area contributed by atoms with E-state index in [1.165, 1.54) is 36.5 Å². The molecule has 4 nitrogen and oxygen atoms in total. The minimum atomic E-state index is -4.86. The second-order valence-electron chi connectivity index (χ2n) is 6.04. The van der Waals surface area contributed by atoms with Crippen molar-refractivity contribution in [3.05, 3.63) is 66.4 Å². The Morgan fingerprint density at radius 3 is 1.83 bits per heavy atom. The van der Waals surface area contributed by atoms with Gasteiger partial charge in [0.2, 0.25) is 0 Å². The van der Waals surface area contributed by atoms with Crippen LogP contribution in [0.25, 0.3) is 22.4 Å². The molecular weight excluding hydrogens is 416 g/mol. The third kappa shape index (κ3) is 5.63. The van der Waals surface area contributed by atoms with E-state index < -0.39 is 30.8 Å². The maximum atomic E-state index is 12.4. The van der Waals surface area contributed by atoms with Crippen LogP contribution in [0.5, 0.6) is 11.5 Å². The van der Waals surface area contributed by atoms with Gasteiger partial charge in [0.1, 0.15) is 11.5 Å². The lowest BCUT2D eigenvalue weighted by molar-refractivity contribution is -0.275. The van der Waals surface area contributed by atoms with Gasteiger partial charge in [-0.15, -0.1) is 26.3 Å². The lowest BCUT2D eigenvalue weighted by atomic mass is 10.00. The van der Waals surface area contributed by atoms with E-state index in [4.69, 9.17) is 0 Å². The summed E-state index contributed by atoms with van der Waals surface area (Å²) in [6.07, 6.45) is -8.40. The van der Waals surface area contributed by atoms with Crippen molar-refractivity contribution in [2.75, 3.05) is 0 Å². The fourth-order valence-electron chi connectivity index (χ4n) is 2.76. The van der Waals surface area contributed by atoms with Gasteiger partial charge in [-0.05, 0) is 41.5 Å². The molecule has 0 fully saturated rings. The predicted molar refractivity (Wildman–Crippen MR) is 94.4 cm³/mol. The molecule has 2 aromatic carbocycles. The van der Waals surface area contributed by atoms with Crippen LogP contribution in [0.2, 0.25) is 0 Å². The monoisotopic (exact) mass is 429 g/mol. The van der Waals surface area contributed by atoms with Crippen molar-refractivity contribution in [2.24, 2.45) is 0 Å².